The summed E-state index contributed by atoms with van der Waals surface area (Å²) in [6, 6.07) is 0. The van der Waals surface area contributed by atoms with E-state index in [1.807, 2.05) is 6.92 Å². The second kappa shape index (κ2) is 4.09. The molecule has 76 valence electrons. The Bertz CT molecular complexity index is 185. The van der Waals surface area contributed by atoms with Gasteiger partial charge in [-0.1, -0.05) is 13.3 Å². The normalized spacial score (nSPS) is 21.8. The van der Waals surface area contributed by atoms with Crippen LogP contribution in [-0.2, 0) is 4.79 Å². The highest BCUT2D eigenvalue weighted by atomic mass is 16.3. The zero-order valence-corrected chi connectivity index (χ0v) is 8.47. The highest BCUT2D eigenvalue weighted by Crippen LogP contribution is 2.26. The first kappa shape index (κ1) is 10.5. The summed E-state index contributed by atoms with van der Waals surface area (Å²) in [6.45, 7) is 4.03. The van der Waals surface area contributed by atoms with Gasteiger partial charge < -0.3 is 10.4 Å². The van der Waals surface area contributed by atoms with Crippen molar-refractivity contribution in [2.75, 3.05) is 6.54 Å². The van der Waals surface area contributed by atoms with Gasteiger partial charge in [0.15, 0.2) is 0 Å². The van der Waals surface area contributed by atoms with Gasteiger partial charge in [0.2, 0.25) is 5.91 Å². The van der Waals surface area contributed by atoms with Gasteiger partial charge >= 0.3 is 0 Å². The minimum absolute atomic E-state index is 0.111. The van der Waals surface area contributed by atoms with Crippen LogP contribution in [0, 0.1) is 5.92 Å². The minimum Gasteiger partial charge on any atom is -0.388 e. The van der Waals surface area contributed by atoms with Gasteiger partial charge in [-0.05, 0) is 26.2 Å². The number of carbonyl (C=O) groups is 1. The Labute approximate surface area is 79.5 Å². The Morgan fingerprint density at radius 3 is 2.62 bits per heavy atom. The van der Waals surface area contributed by atoms with E-state index in [1.54, 1.807) is 6.92 Å². The summed E-state index contributed by atoms with van der Waals surface area (Å²) in [4.78, 5) is 11.4. The molecule has 0 aliphatic heterocycles. The van der Waals surface area contributed by atoms with Gasteiger partial charge in [-0.2, -0.15) is 0 Å². The van der Waals surface area contributed by atoms with Crippen LogP contribution in [0.4, 0.5) is 0 Å². The molecule has 0 bridgehead atoms. The quantitative estimate of drug-likeness (QED) is 0.688. The van der Waals surface area contributed by atoms with Crippen molar-refractivity contribution in [2.45, 2.75) is 45.1 Å². The van der Waals surface area contributed by atoms with E-state index in [4.69, 9.17) is 0 Å². The van der Waals surface area contributed by atoms with Crippen LogP contribution >= 0.6 is 0 Å². The molecule has 1 fully saturated rings. The first-order valence-electron chi connectivity index (χ1n) is 5.05. The van der Waals surface area contributed by atoms with Crippen molar-refractivity contribution in [2.24, 2.45) is 5.92 Å². The number of hydrogen-bond donors (Lipinski definition) is 2. The van der Waals surface area contributed by atoms with Gasteiger partial charge in [-0.25, -0.2) is 0 Å². The number of carbonyl (C=O) groups excluding carboxylic acids is 1. The molecule has 1 amide bonds. The van der Waals surface area contributed by atoms with Crippen LogP contribution < -0.4 is 5.32 Å². The third-order valence-electron chi connectivity index (χ3n) is 2.88. The monoisotopic (exact) mass is 185 g/mol. The molecule has 0 heterocycles. The van der Waals surface area contributed by atoms with Gasteiger partial charge in [-0.3, -0.25) is 4.79 Å². The molecule has 0 saturated heterocycles. The minimum atomic E-state index is -0.751. The molecule has 0 spiro atoms. The van der Waals surface area contributed by atoms with Crippen molar-refractivity contribution >= 4 is 5.91 Å². The predicted molar refractivity (Wildman–Crippen MR) is 51.3 cm³/mol. The summed E-state index contributed by atoms with van der Waals surface area (Å²) in [7, 11) is 0. The van der Waals surface area contributed by atoms with Crippen LogP contribution in [0.5, 0.6) is 0 Å². The fourth-order valence-corrected chi connectivity index (χ4v) is 1.22. The van der Waals surface area contributed by atoms with E-state index >= 15 is 0 Å². The van der Waals surface area contributed by atoms with E-state index in [2.05, 4.69) is 5.32 Å². The number of nitrogens with one attached hydrogen (secondary N) is 1. The Morgan fingerprint density at radius 1 is 1.62 bits per heavy atom. The SMILES string of the molecule is CCC(C)(O)CNC(=O)C1CCC1. The number of hydrogen-bond acceptors (Lipinski definition) is 2. The maximum absolute atomic E-state index is 11.4. The smallest absolute Gasteiger partial charge is 0.223 e. The van der Waals surface area contributed by atoms with Crippen molar-refractivity contribution < 1.29 is 9.90 Å². The molecule has 1 aliphatic carbocycles. The van der Waals surface area contributed by atoms with Gasteiger partial charge in [0.05, 0.1) is 5.60 Å². The van der Waals surface area contributed by atoms with E-state index in [-0.39, 0.29) is 11.8 Å². The molecule has 1 aliphatic rings. The predicted octanol–water partition coefficient (Wildman–Crippen LogP) is 1.06. The van der Waals surface area contributed by atoms with Crippen molar-refractivity contribution in [1.82, 2.24) is 5.32 Å². The van der Waals surface area contributed by atoms with Gasteiger partial charge in [0.1, 0.15) is 0 Å². The number of aliphatic hydroxyl groups is 1. The van der Waals surface area contributed by atoms with Crippen molar-refractivity contribution in [3.8, 4) is 0 Å². The highest BCUT2D eigenvalue weighted by Gasteiger charge is 2.26. The van der Waals surface area contributed by atoms with Crippen LogP contribution in [0.1, 0.15) is 39.5 Å². The first-order chi connectivity index (χ1) is 6.05. The summed E-state index contributed by atoms with van der Waals surface area (Å²) < 4.78 is 0. The second-order valence-electron chi connectivity index (χ2n) is 4.20. The third kappa shape index (κ3) is 2.99. The summed E-state index contributed by atoms with van der Waals surface area (Å²) in [5, 5.41) is 12.4. The largest absolute Gasteiger partial charge is 0.388 e. The maximum atomic E-state index is 11.4. The molecular formula is C10H19NO2. The Morgan fingerprint density at radius 2 is 2.23 bits per heavy atom. The summed E-state index contributed by atoms with van der Waals surface area (Å²) in [6.07, 6.45) is 3.86. The van der Waals surface area contributed by atoms with Crippen molar-refractivity contribution in [3.63, 3.8) is 0 Å². The van der Waals surface area contributed by atoms with Crippen LogP contribution in [0.2, 0.25) is 0 Å². The molecule has 2 N–H and O–H groups in total. The lowest BCUT2D eigenvalue weighted by molar-refractivity contribution is -0.128. The number of rotatable bonds is 4. The average Bonchev–Trinajstić information content (AvgIpc) is 1.98. The lowest BCUT2D eigenvalue weighted by Crippen LogP contribution is -2.43. The second-order valence-corrected chi connectivity index (χ2v) is 4.20. The molecule has 0 aromatic rings. The van der Waals surface area contributed by atoms with Crippen LogP contribution in [0.15, 0.2) is 0 Å². The van der Waals surface area contributed by atoms with E-state index < -0.39 is 5.60 Å². The van der Waals surface area contributed by atoms with E-state index in [1.165, 1.54) is 6.42 Å². The fourth-order valence-electron chi connectivity index (χ4n) is 1.22. The molecule has 0 aromatic carbocycles. The third-order valence-corrected chi connectivity index (χ3v) is 2.88. The summed E-state index contributed by atoms with van der Waals surface area (Å²) in [5.74, 6) is 0.327. The molecule has 3 heteroatoms. The zero-order chi connectivity index (χ0) is 9.90. The molecule has 1 rings (SSSR count). The molecule has 1 atom stereocenters. The highest BCUT2D eigenvalue weighted by molar-refractivity contribution is 5.79. The van der Waals surface area contributed by atoms with Crippen LogP contribution in [0.3, 0.4) is 0 Å². The standard InChI is InChI=1S/C10H19NO2/c1-3-10(2,13)7-11-9(12)8-5-4-6-8/h8,13H,3-7H2,1-2H3,(H,11,12). The lowest BCUT2D eigenvalue weighted by atomic mass is 9.84. The van der Waals surface area contributed by atoms with Gasteiger partial charge in [0, 0.05) is 12.5 Å². The maximum Gasteiger partial charge on any atom is 0.223 e. The van der Waals surface area contributed by atoms with Crippen molar-refractivity contribution in [1.29, 1.82) is 0 Å². The van der Waals surface area contributed by atoms with E-state index in [9.17, 15) is 9.90 Å². The lowest BCUT2D eigenvalue weighted by Gasteiger charge is -2.27. The molecule has 0 radical (unpaired) electrons. The molecule has 1 saturated carbocycles. The Balaban J connectivity index is 2.21. The molecular weight excluding hydrogens is 166 g/mol. The van der Waals surface area contributed by atoms with Crippen molar-refractivity contribution in [3.05, 3.63) is 0 Å². The summed E-state index contributed by atoms with van der Waals surface area (Å²) >= 11 is 0. The van der Waals surface area contributed by atoms with Crippen LogP contribution in [0.25, 0.3) is 0 Å². The topological polar surface area (TPSA) is 49.3 Å². The van der Waals surface area contributed by atoms with E-state index in [0.717, 1.165) is 12.8 Å². The first-order valence-corrected chi connectivity index (χ1v) is 5.05. The summed E-state index contributed by atoms with van der Waals surface area (Å²) in [5.41, 5.74) is -0.751. The molecule has 1 unspecified atom stereocenters. The number of amides is 1. The Hall–Kier alpha value is -0.570. The molecule has 3 nitrogen and oxygen atoms in total. The molecule has 13 heavy (non-hydrogen) atoms. The Kier molecular flexibility index (Phi) is 3.31. The van der Waals surface area contributed by atoms with E-state index in [0.29, 0.717) is 13.0 Å². The average molecular weight is 185 g/mol. The molecule has 0 aromatic heterocycles. The van der Waals surface area contributed by atoms with Gasteiger partial charge in [0.25, 0.3) is 0 Å². The van der Waals surface area contributed by atoms with Gasteiger partial charge in [-0.15, -0.1) is 0 Å². The zero-order valence-electron chi connectivity index (χ0n) is 8.47. The fraction of sp³-hybridized carbons (Fsp3) is 0.900. The van der Waals surface area contributed by atoms with Crippen LogP contribution in [-0.4, -0.2) is 23.2 Å².